The van der Waals surface area contributed by atoms with Crippen LogP contribution in [0.15, 0.2) is 48.5 Å². The molecule has 1 aliphatic heterocycles. The number of piperazine rings is 1. The van der Waals surface area contributed by atoms with Gasteiger partial charge in [0.1, 0.15) is 0 Å². The van der Waals surface area contributed by atoms with Crippen LogP contribution in [-0.2, 0) is 11.2 Å². The maximum Gasteiger partial charge on any atom is 0.227 e. The number of amides is 1. The van der Waals surface area contributed by atoms with Crippen LogP contribution in [0.1, 0.15) is 17.2 Å². The molecule has 2 aromatic rings. The van der Waals surface area contributed by atoms with Crippen molar-refractivity contribution in [1.82, 2.24) is 9.80 Å². The van der Waals surface area contributed by atoms with Crippen LogP contribution in [-0.4, -0.2) is 56.6 Å². The van der Waals surface area contributed by atoms with Gasteiger partial charge in [0.05, 0.1) is 26.7 Å². The van der Waals surface area contributed by atoms with E-state index in [2.05, 4.69) is 24.1 Å². The first-order chi connectivity index (χ1) is 12.6. The van der Waals surface area contributed by atoms with Crippen LogP contribution in [0.25, 0.3) is 0 Å². The highest BCUT2D eigenvalue weighted by atomic mass is 16.5. The Labute approximate surface area is 155 Å². The Bertz CT molecular complexity index is 748. The van der Waals surface area contributed by atoms with E-state index in [1.165, 1.54) is 5.56 Å². The summed E-state index contributed by atoms with van der Waals surface area (Å²) >= 11 is 0. The number of carbonyl (C=O) groups excluding carboxylic acids is 1. The third-order valence-electron chi connectivity index (χ3n) is 4.99. The number of likely N-dealkylation sites (N-methyl/N-ethyl adjacent to an activating group) is 1. The second-order valence-corrected chi connectivity index (χ2v) is 6.61. The van der Waals surface area contributed by atoms with Gasteiger partial charge in [-0.05, 0) is 30.3 Å². The maximum absolute atomic E-state index is 12.8. The average molecular weight is 354 g/mol. The summed E-state index contributed by atoms with van der Waals surface area (Å²) < 4.78 is 10.6. The third-order valence-corrected chi connectivity index (χ3v) is 4.99. The van der Waals surface area contributed by atoms with Crippen molar-refractivity contribution in [3.8, 4) is 11.5 Å². The highest BCUT2D eigenvalue weighted by molar-refractivity contribution is 5.79. The molecule has 1 atom stereocenters. The predicted octanol–water partition coefficient (Wildman–Crippen LogP) is 2.76. The largest absolute Gasteiger partial charge is 0.493 e. The van der Waals surface area contributed by atoms with Crippen molar-refractivity contribution in [2.45, 2.75) is 12.5 Å². The predicted molar refractivity (Wildman–Crippen MR) is 102 cm³/mol. The van der Waals surface area contributed by atoms with Crippen molar-refractivity contribution in [1.29, 1.82) is 0 Å². The Balaban J connectivity index is 1.70. The lowest BCUT2D eigenvalue weighted by molar-refractivity contribution is -0.133. The van der Waals surface area contributed by atoms with Gasteiger partial charge >= 0.3 is 0 Å². The zero-order valence-electron chi connectivity index (χ0n) is 15.6. The molecule has 1 heterocycles. The van der Waals surface area contributed by atoms with Crippen molar-refractivity contribution in [3.05, 3.63) is 59.7 Å². The number of methoxy groups -OCH3 is 2. The van der Waals surface area contributed by atoms with Crippen molar-refractivity contribution >= 4 is 5.91 Å². The minimum Gasteiger partial charge on any atom is -0.493 e. The van der Waals surface area contributed by atoms with Crippen LogP contribution in [0, 0.1) is 0 Å². The molecule has 1 aliphatic rings. The summed E-state index contributed by atoms with van der Waals surface area (Å²) in [4.78, 5) is 17.1. The molecule has 5 heteroatoms. The Hall–Kier alpha value is -2.53. The summed E-state index contributed by atoms with van der Waals surface area (Å²) in [5.41, 5.74) is 2.18. The number of rotatable bonds is 5. The monoisotopic (exact) mass is 354 g/mol. The molecule has 0 spiro atoms. The first-order valence-corrected chi connectivity index (χ1v) is 8.86. The molecular weight excluding hydrogens is 328 g/mol. The number of hydrogen-bond donors (Lipinski definition) is 0. The second-order valence-electron chi connectivity index (χ2n) is 6.61. The van der Waals surface area contributed by atoms with E-state index in [0.717, 1.165) is 18.7 Å². The molecule has 1 unspecified atom stereocenters. The molecule has 0 radical (unpaired) electrons. The molecule has 0 aromatic heterocycles. The van der Waals surface area contributed by atoms with Crippen LogP contribution >= 0.6 is 0 Å². The first kappa shape index (κ1) is 18.3. The Kier molecular flexibility index (Phi) is 5.78. The van der Waals surface area contributed by atoms with Crippen molar-refractivity contribution in [2.75, 3.05) is 40.9 Å². The minimum atomic E-state index is 0.145. The van der Waals surface area contributed by atoms with E-state index in [1.54, 1.807) is 14.2 Å². The molecule has 26 heavy (non-hydrogen) atoms. The van der Waals surface area contributed by atoms with Crippen molar-refractivity contribution in [2.24, 2.45) is 0 Å². The van der Waals surface area contributed by atoms with Gasteiger partial charge in [0.25, 0.3) is 0 Å². The average Bonchev–Trinajstić information content (AvgIpc) is 2.68. The van der Waals surface area contributed by atoms with Crippen LogP contribution in [0.3, 0.4) is 0 Å². The fourth-order valence-electron chi connectivity index (χ4n) is 3.41. The first-order valence-electron chi connectivity index (χ1n) is 8.86. The van der Waals surface area contributed by atoms with Crippen molar-refractivity contribution in [3.63, 3.8) is 0 Å². The maximum atomic E-state index is 12.8. The van der Waals surface area contributed by atoms with Gasteiger partial charge in [-0.3, -0.25) is 9.69 Å². The van der Waals surface area contributed by atoms with E-state index in [1.807, 2.05) is 41.3 Å². The molecule has 1 fully saturated rings. The van der Waals surface area contributed by atoms with E-state index in [9.17, 15) is 4.79 Å². The van der Waals surface area contributed by atoms with Gasteiger partial charge in [-0.15, -0.1) is 0 Å². The van der Waals surface area contributed by atoms with Crippen LogP contribution in [0.2, 0.25) is 0 Å². The Morgan fingerprint density at radius 1 is 1.04 bits per heavy atom. The fraction of sp³-hybridized carbons (Fsp3) is 0.381. The molecule has 0 saturated carbocycles. The van der Waals surface area contributed by atoms with Crippen LogP contribution in [0.4, 0.5) is 0 Å². The van der Waals surface area contributed by atoms with E-state index >= 15 is 0 Å². The van der Waals surface area contributed by atoms with E-state index in [4.69, 9.17) is 9.47 Å². The summed E-state index contributed by atoms with van der Waals surface area (Å²) in [7, 11) is 5.33. The number of ether oxygens (including phenoxy) is 2. The smallest absolute Gasteiger partial charge is 0.227 e. The van der Waals surface area contributed by atoms with Crippen molar-refractivity contribution < 1.29 is 14.3 Å². The Morgan fingerprint density at radius 3 is 2.46 bits per heavy atom. The lowest BCUT2D eigenvalue weighted by atomic mass is 10.0. The minimum absolute atomic E-state index is 0.145. The summed E-state index contributed by atoms with van der Waals surface area (Å²) in [6.07, 6.45) is 0.367. The highest BCUT2D eigenvalue weighted by Crippen LogP contribution is 2.28. The van der Waals surface area contributed by atoms with Gasteiger partial charge in [-0.2, -0.15) is 0 Å². The summed E-state index contributed by atoms with van der Waals surface area (Å²) in [6.45, 7) is 2.34. The van der Waals surface area contributed by atoms with Gasteiger partial charge in [-0.25, -0.2) is 0 Å². The topological polar surface area (TPSA) is 42.0 Å². The van der Waals surface area contributed by atoms with Crippen LogP contribution in [0.5, 0.6) is 11.5 Å². The second kappa shape index (κ2) is 8.23. The number of nitrogens with zero attached hydrogens (tertiary/aromatic N) is 2. The fourth-order valence-corrected chi connectivity index (χ4v) is 3.41. The van der Waals surface area contributed by atoms with Gasteiger partial charge in [0.2, 0.25) is 5.91 Å². The van der Waals surface area contributed by atoms with E-state index in [-0.39, 0.29) is 11.9 Å². The molecule has 0 aliphatic carbocycles. The normalized spacial score (nSPS) is 17.8. The SMILES string of the molecule is COc1ccc(CC(=O)N2CCN(C)C(c3ccccc3)C2)cc1OC. The van der Waals surface area contributed by atoms with E-state index in [0.29, 0.717) is 24.5 Å². The highest BCUT2D eigenvalue weighted by Gasteiger charge is 2.28. The van der Waals surface area contributed by atoms with Crippen LogP contribution < -0.4 is 9.47 Å². The van der Waals surface area contributed by atoms with E-state index < -0.39 is 0 Å². The molecule has 2 aromatic carbocycles. The number of benzene rings is 2. The molecule has 0 bridgehead atoms. The lowest BCUT2D eigenvalue weighted by Crippen LogP contribution is -2.49. The van der Waals surface area contributed by atoms with Gasteiger partial charge in [0.15, 0.2) is 11.5 Å². The number of hydrogen-bond acceptors (Lipinski definition) is 4. The molecule has 5 nitrogen and oxygen atoms in total. The summed E-state index contributed by atoms with van der Waals surface area (Å²) in [6, 6.07) is 16.3. The molecule has 138 valence electrons. The van der Waals surface area contributed by atoms with Gasteiger partial charge in [0, 0.05) is 19.6 Å². The molecule has 1 amide bonds. The summed E-state index contributed by atoms with van der Waals surface area (Å²) in [5, 5.41) is 0. The quantitative estimate of drug-likeness (QED) is 0.828. The standard InChI is InChI=1S/C21H26N2O3/c1-22-11-12-23(15-18(22)17-7-5-4-6-8-17)21(24)14-16-9-10-19(25-2)20(13-16)26-3/h4-10,13,18H,11-12,14-15H2,1-3H3. The molecule has 1 saturated heterocycles. The summed E-state index contributed by atoms with van der Waals surface area (Å²) in [5.74, 6) is 1.47. The van der Waals surface area contributed by atoms with Gasteiger partial charge in [-0.1, -0.05) is 36.4 Å². The zero-order valence-corrected chi connectivity index (χ0v) is 15.6. The third kappa shape index (κ3) is 3.99. The lowest BCUT2D eigenvalue weighted by Gasteiger charge is -2.39. The Morgan fingerprint density at radius 2 is 1.77 bits per heavy atom. The van der Waals surface area contributed by atoms with Gasteiger partial charge < -0.3 is 14.4 Å². The zero-order chi connectivity index (χ0) is 18.5. The molecular formula is C21H26N2O3. The molecule has 0 N–H and O–H groups in total. The number of carbonyl (C=O) groups is 1. The molecule has 3 rings (SSSR count).